The predicted molar refractivity (Wildman–Crippen MR) is 114 cm³/mol. The number of nitrogens with one attached hydrogen (secondary N) is 2. The van der Waals surface area contributed by atoms with E-state index in [0.29, 0.717) is 31.0 Å². The molecule has 1 aromatic heterocycles. The van der Waals surface area contributed by atoms with Gasteiger partial charge in [-0.15, -0.1) is 5.11 Å². The summed E-state index contributed by atoms with van der Waals surface area (Å²) in [6.45, 7) is 5.25. The summed E-state index contributed by atoms with van der Waals surface area (Å²) in [5.74, 6) is 0.424. The summed E-state index contributed by atoms with van der Waals surface area (Å²) >= 11 is 0. The summed E-state index contributed by atoms with van der Waals surface area (Å²) in [7, 11) is 0. The Kier molecular flexibility index (Phi) is 6.35. The molecule has 2 aliphatic heterocycles. The van der Waals surface area contributed by atoms with Crippen molar-refractivity contribution in [1.29, 1.82) is 5.53 Å². The molecule has 0 radical (unpaired) electrons. The quantitative estimate of drug-likeness (QED) is 0.635. The van der Waals surface area contributed by atoms with Crippen LogP contribution in [0.15, 0.2) is 39.9 Å². The standard InChI is InChI=1S/C21H25FN6O4/c1-14(29)24-11-17-13-28(21(30)32-17)15-2-4-19(18(22)10-15)27-8-6-26(7-9-27)12-16-3-5-20(25-23)31-16/h2-5,10,17,23H,6-9,11-13H2,1H3,(H,24,29)/t17-/m0/s1. The largest absolute Gasteiger partial charge is 0.442 e. The van der Waals surface area contributed by atoms with Gasteiger partial charge in [-0.1, -0.05) is 0 Å². The third kappa shape index (κ3) is 4.88. The van der Waals surface area contributed by atoms with Crippen molar-refractivity contribution in [2.24, 2.45) is 5.11 Å². The summed E-state index contributed by atoms with van der Waals surface area (Å²) in [6, 6.07) is 8.21. The van der Waals surface area contributed by atoms with Crippen LogP contribution in [0.3, 0.4) is 0 Å². The van der Waals surface area contributed by atoms with Crippen LogP contribution in [-0.4, -0.2) is 62.3 Å². The zero-order valence-corrected chi connectivity index (χ0v) is 17.7. The Hall–Kier alpha value is -3.47. The summed E-state index contributed by atoms with van der Waals surface area (Å²) in [5, 5.41) is 5.89. The maximum Gasteiger partial charge on any atom is 0.414 e. The number of cyclic esters (lactones) is 1. The fourth-order valence-corrected chi connectivity index (χ4v) is 3.90. The first-order valence-corrected chi connectivity index (χ1v) is 10.4. The van der Waals surface area contributed by atoms with Crippen molar-refractivity contribution in [3.63, 3.8) is 0 Å². The minimum Gasteiger partial charge on any atom is -0.442 e. The molecule has 1 aromatic carbocycles. The van der Waals surface area contributed by atoms with E-state index in [0.717, 1.165) is 18.8 Å². The molecule has 0 unspecified atom stereocenters. The van der Waals surface area contributed by atoms with E-state index < -0.39 is 18.0 Å². The molecule has 4 rings (SSSR count). The second kappa shape index (κ2) is 9.35. The van der Waals surface area contributed by atoms with Gasteiger partial charge in [-0.2, -0.15) is 0 Å². The average molecular weight is 444 g/mol. The number of carbonyl (C=O) groups is 2. The smallest absolute Gasteiger partial charge is 0.414 e. The van der Waals surface area contributed by atoms with Crippen molar-refractivity contribution in [2.75, 3.05) is 49.1 Å². The number of amides is 2. The molecule has 2 amide bonds. The Labute approximate surface area is 184 Å². The van der Waals surface area contributed by atoms with E-state index in [9.17, 15) is 14.0 Å². The van der Waals surface area contributed by atoms with E-state index >= 15 is 0 Å². The molecule has 0 saturated carbocycles. The van der Waals surface area contributed by atoms with Gasteiger partial charge in [0.1, 0.15) is 17.7 Å². The normalized spacial score (nSPS) is 19.2. The number of ether oxygens (including phenoxy) is 1. The lowest BCUT2D eigenvalue weighted by atomic mass is 10.2. The van der Waals surface area contributed by atoms with Crippen molar-refractivity contribution in [2.45, 2.75) is 19.6 Å². The van der Waals surface area contributed by atoms with Crippen LogP contribution >= 0.6 is 0 Å². The summed E-state index contributed by atoms with van der Waals surface area (Å²) in [6.07, 6.45) is -1.03. The zero-order chi connectivity index (χ0) is 22.7. The topological polar surface area (TPSA) is 114 Å². The molecule has 2 aliphatic rings. The minimum absolute atomic E-state index is 0.202. The summed E-state index contributed by atoms with van der Waals surface area (Å²) < 4.78 is 25.6. The molecule has 0 aliphatic carbocycles. The van der Waals surface area contributed by atoms with E-state index in [2.05, 4.69) is 15.3 Å². The molecule has 2 aromatic rings. The predicted octanol–water partition coefficient (Wildman–Crippen LogP) is 2.86. The number of carbonyl (C=O) groups excluding carboxylic acids is 2. The first-order valence-electron chi connectivity index (χ1n) is 10.4. The van der Waals surface area contributed by atoms with E-state index in [1.54, 1.807) is 18.2 Å². The van der Waals surface area contributed by atoms with Crippen LogP contribution in [0.4, 0.5) is 26.4 Å². The van der Waals surface area contributed by atoms with E-state index in [4.69, 9.17) is 14.7 Å². The summed E-state index contributed by atoms with van der Waals surface area (Å²) in [4.78, 5) is 28.8. The van der Waals surface area contributed by atoms with Crippen LogP contribution in [-0.2, 0) is 16.1 Å². The third-order valence-corrected chi connectivity index (χ3v) is 5.55. The van der Waals surface area contributed by atoms with Gasteiger partial charge in [-0.3, -0.25) is 14.6 Å². The molecular formula is C21H25FN6O4. The molecule has 1 atom stereocenters. The van der Waals surface area contributed by atoms with Gasteiger partial charge >= 0.3 is 6.09 Å². The average Bonchev–Trinajstić information content (AvgIpc) is 3.39. The number of piperazine rings is 1. The number of anilines is 2. The van der Waals surface area contributed by atoms with Crippen molar-refractivity contribution in [3.8, 4) is 0 Å². The van der Waals surface area contributed by atoms with E-state index in [-0.39, 0.29) is 24.9 Å². The highest BCUT2D eigenvalue weighted by Gasteiger charge is 2.33. The van der Waals surface area contributed by atoms with Gasteiger partial charge in [0.15, 0.2) is 0 Å². The van der Waals surface area contributed by atoms with Crippen LogP contribution in [0.25, 0.3) is 0 Å². The van der Waals surface area contributed by atoms with Crippen molar-refractivity contribution < 1.29 is 23.1 Å². The van der Waals surface area contributed by atoms with Crippen LogP contribution in [0.2, 0.25) is 0 Å². The van der Waals surface area contributed by atoms with Gasteiger partial charge in [0, 0.05) is 39.2 Å². The van der Waals surface area contributed by atoms with E-state index in [1.165, 1.54) is 17.9 Å². The third-order valence-electron chi connectivity index (χ3n) is 5.55. The molecule has 170 valence electrons. The number of nitrogens with zero attached hydrogens (tertiary/aromatic N) is 4. The van der Waals surface area contributed by atoms with Crippen LogP contribution in [0.1, 0.15) is 12.7 Å². The van der Waals surface area contributed by atoms with E-state index in [1.807, 2.05) is 11.0 Å². The number of hydrogen-bond acceptors (Lipinski definition) is 8. The summed E-state index contributed by atoms with van der Waals surface area (Å²) in [5.41, 5.74) is 7.89. The fourth-order valence-electron chi connectivity index (χ4n) is 3.90. The second-order valence-corrected chi connectivity index (χ2v) is 7.80. The van der Waals surface area contributed by atoms with Gasteiger partial charge in [0.05, 0.1) is 31.0 Å². The Morgan fingerprint density at radius 1 is 1.25 bits per heavy atom. The highest BCUT2D eigenvalue weighted by Crippen LogP contribution is 2.29. The second-order valence-electron chi connectivity index (χ2n) is 7.80. The zero-order valence-electron chi connectivity index (χ0n) is 17.7. The maximum absolute atomic E-state index is 14.9. The fraction of sp³-hybridized carbons (Fsp3) is 0.429. The highest BCUT2D eigenvalue weighted by atomic mass is 19.1. The lowest BCUT2D eigenvalue weighted by Gasteiger charge is -2.36. The van der Waals surface area contributed by atoms with Gasteiger partial charge < -0.3 is 19.4 Å². The molecular weight excluding hydrogens is 419 g/mol. The molecule has 2 saturated heterocycles. The molecule has 0 spiro atoms. The maximum atomic E-state index is 14.9. The lowest BCUT2D eigenvalue weighted by Crippen LogP contribution is -2.46. The number of halogens is 1. The monoisotopic (exact) mass is 444 g/mol. The molecule has 11 heteroatoms. The molecule has 2 N–H and O–H groups in total. The Morgan fingerprint density at radius 2 is 2.03 bits per heavy atom. The molecule has 0 bridgehead atoms. The number of furan rings is 1. The van der Waals surface area contributed by atoms with Gasteiger partial charge in [-0.05, 0) is 24.3 Å². The molecule has 32 heavy (non-hydrogen) atoms. The van der Waals surface area contributed by atoms with Crippen molar-refractivity contribution in [3.05, 3.63) is 41.9 Å². The molecule has 3 heterocycles. The number of hydrogen-bond donors (Lipinski definition) is 2. The lowest BCUT2D eigenvalue weighted by molar-refractivity contribution is -0.119. The highest BCUT2D eigenvalue weighted by molar-refractivity contribution is 5.90. The van der Waals surface area contributed by atoms with Gasteiger partial charge in [0.25, 0.3) is 0 Å². The number of rotatable bonds is 7. The van der Waals surface area contributed by atoms with Crippen LogP contribution in [0.5, 0.6) is 0 Å². The van der Waals surface area contributed by atoms with Crippen LogP contribution in [0, 0.1) is 11.3 Å². The molecule has 10 nitrogen and oxygen atoms in total. The Bertz CT molecular complexity index is 1000. The van der Waals surface area contributed by atoms with Gasteiger partial charge in [-0.25, -0.2) is 14.7 Å². The van der Waals surface area contributed by atoms with Crippen LogP contribution < -0.4 is 15.1 Å². The SMILES string of the molecule is CC(=O)NC[C@H]1CN(c2ccc(N3CCN(Cc4ccc(N=N)o4)CC3)c(F)c2)C(=O)O1. The Balaban J connectivity index is 1.34. The number of benzene rings is 1. The van der Waals surface area contributed by atoms with Crippen molar-refractivity contribution >= 4 is 29.3 Å². The minimum atomic E-state index is -0.555. The van der Waals surface area contributed by atoms with Gasteiger partial charge in [0.2, 0.25) is 11.8 Å². The molecule has 2 fully saturated rings. The van der Waals surface area contributed by atoms with Crippen molar-refractivity contribution in [1.82, 2.24) is 10.2 Å². The first-order chi connectivity index (χ1) is 15.4. The Morgan fingerprint density at radius 3 is 2.69 bits per heavy atom. The first kappa shape index (κ1) is 21.8.